The number of hydrogen-bond donors (Lipinski definition) is 3. The molecule has 1 unspecified atom stereocenters. The van der Waals surface area contributed by atoms with E-state index in [-0.39, 0.29) is 24.7 Å². The molecule has 25 heavy (non-hydrogen) atoms. The summed E-state index contributed by atoms with van der Waals surface area (Å²) in [5.74, 6) is -0.179. The van der Waals surface area contributed by atoms with E-state index in [1.165, 1.54) is 51.9 Å². The van der Waals surface area contributed by atoms with Gasteiger partial charge in [-0.3, -0.25) is 4.79 Å². The topological polar surface area (TPSA) is 78.8 Å². The van der Waals surface area contributed by atoms with Crippen molar-refractivity contribution in [3.63, 3.8) is 0 Å². The number of unbranched alkanes of at least 4 members (excludes halogenated alkanes) is 7. The first-order valence-corrected chi connectivity index (χ1v) is 10.2. The minimum atomic E-state index is -0.527. The molecule has 3 N–H and O–H groups in total. The number of carbonyl (C=O) groups is 1. The number of aliphatic hydroxyl groups is 2. The SMILES string of the molecule is CC(=O)O[C@H]1CC[C@@H](CCCCCCCCCCC(O)CO)N[C@H]1C. The number of aliphatic hydroxyl groups excluding tert-OH is 2. The molecule has 0 aromatic heterocycles. The Hall–Kier alpha value is -0.650. The maximum atomic E-state index is 11.1. The van der Waals surface area contributed by atoms with Gasteiger partial charge in [0.25, 0.3) is 0 Å². The summed E-state index contributed by atoms with van der Waals surface area (Å²) >= 11 is 0. The zero-order valence-corrected chi connectivity index (χ0v) is 16.2. The van der Waals surface area contributed by atoms with Gasteiger partial charge in [-0.15, -0.1) is 0 Å². The van der Waals surface area contributed by atoms with Gasteiger partial charge in [0, 0.05) is 19.0 Å². The number of hydrogen-bond acceptors (Lipinski definition) is 5. The highest BCUT2D eigenvalue weighted by molar-refractivity contribution is 5.66. The van der Waals surface area contributed by atoms with Crippen molar-refractivity contribution >= 4 is 5.97 Å². The Morgan fingerprint density at radius 1 is 1.08 bits per heavy atom. The Bertz CT molecular complexity index is 351. The average Bonchev–Trinajstić information content (AvgIpc) is 2.58. The third-order valence-corrected chi connectivity index (χ3v) is 5.22. The third-order valence-electron chi connectivity index (χ3n) is 5.22. The van der Waals surface area contributed by atoms with Crippen molar-refractivity contribution in [2.24, 2.45) is 0 Å². The summed E-state index contributed by atoms with van der Waals surface area (Å²) < 4.78 is 5.34. The van der Waals surface area contributed by atoms with Crippen molar-refractivity contribution in [3.8, 4) is 0 Å². The van der Waals surface area contributed by atoms with Gasteiger partial charge in [-0.05, 0) is 32.6 Å². The smallest absolute Gasteiger partial charge is 0.302 e. The molecule has 0 aromatic carbocycles. The standard InChI is InChI=1S/C20H39NO4/c1-16-20(25-17(2)23)14-13-18(21-16)11-9-7-5-3-4-6-8-10-12-19(24)15-22/h16,18-22,24H,3-15H2,1-2H3/t16-,18+,19?,20-/m0/s1. The molecule has 1 heterocycles. The second-order valence-electron chi connectivity index (χ2n) is 7.62. The molecular weight excluding hydrogens is 318 g/mol. The van der Waals surface area contributed by atoms with Gasteiger partial charge in [-0.25, -0.2) is 0 Å². The molecule has 1 saturated heterocycles. The van der Waals surface area contributed by atoms with Crippen LogP contribution >= 0.6 is 0 Å². The van der Waals surface area contributed by atoms with Gasteiger partial charge in [-0.2, -0.15) is 0 Å². The Kier molecular flexibility index (Phi) is 12.1. The second kappa shape index (κ2) is 13.5. The van der Waals surface area contributed by atoms with Crippen LogP contribution in [0.3, 0.4) is 0 Å². The van der Waals surface area contributed by atoms with Crippen LogP contribution < -0.4 is 5.32 Å². The van der Waals surface area contributed by atoms with Crippen LogP contribution in [-0.4, -0.2) is 47.1 Å². The summed E-state index contributed by atoms with van der Waals surface area (Å²) in [4.78, 5) is 11.1. The van der Waals surface area contributed by atoms with E-state index in [2.05, 4.69) is 12.2 Å². The van der Waals surface area contributed by atoms with E-state index in [1.807, 2.05) is 0 Å². The summed E-state index contributed by atoms with van der Waals surface area (Å²) in [5.41, 5.74) is 0. The van der Waals surface area contributed by atoms with Crippen LogP contribution in [0.4, 0.5) is 0 Å². The van der Waals surface area contributed by atoms with E-state index < -0.39 is 6.10 Å². The molecule has 0 bridgehead atoms. The van der Waals surface area contributed by atoms with Crippen molar-refractivity contribution in [1.29, 1.82) is 0 Å². The molecule has 5 heteroatoms. The van der Waals surface area contributed by atoms with E-state index in [0.717, 1.165) is 32.1 Å². The highest BCUT2D eigenvalue weighted by atomic mass is 16.5. The second-order valence-corrected chi connectivity index (χ2v) is 7.62. The number of nitrogens with one attached hydrogen (secondary N) is 1. The highest BCUT2D eigenvalue weighted by Crippen LogP contribution is 2.21. The molecule has 0 aliphatic carbocycles. The predicted molar refractivity (Wildman–Crippen MR) is 100 cm³/mol. The molecule has 0 saturated carbocycles. The van der Waals surface area contributed by atoms with Gasteiger partial charge < -0.3 is 20.3 Å². The van der Waals surface area contributed by atoms with Crippen molar-refractivity contribution in [1.82, 2.24) is 5.32 Å². The van der Waals surface area contributed by atoms with Crippen LogP contribution in [0.25, 0.3) is 0 Å². The number of ether oxygens (including phenoxy) is 1. The van der Waals surface area contributed by atoms with Crippen LogP contribution in [-0.2, 0) is 9.53 Å². The van der Waals surface area contributed by atoms with Crippen LogP contribution in [0.5, 0.6) is 0 Å². The van der Waals surface area contributed by atoms with Crippen molar-refractivity contribution < 1.29 is 19.7 Å². The third kappa shape index (κ3) is 10.8. The molecule has 1 rings (SSSR count). The molecule has 1 aliphatic rings. The Morgan fingerprint density at radius 2 is 1.68 bits per heavy atom. The quantitative estimate of drug-likeness (QED) is 0.348. The van der Waals surface area contributed by atoms with Gasteiger partial charge in [-0.1, -0.05) is 51.4 Å². The van der Waals surface area contributed by atoms with Gasteiger partial charge in [0.15, 0.2) is 0 Å². The summed E-state index contributed by atoms with van der Waals surface area (Å²) in [6.07, 6.45) is 13.4. The normalized spacial score (nSPS) is 24.9. The molecular formula is C20H39NO4. The van der Waals surface area contributed by atoms with Crippen LogP contribution in [0.2, 0.25) is 0 Å². The van der Waals surface area contributed by atoms with Gasteiger partial charge in [0.2, 0.25) is 0 Å². The fourth-order valence-corrected chi connectivity index (χ4v) is 3.70. The minimum absolute atomic E-state index is 0.0345. The van der Waals surface area contributed by atoms with E-state index in [4.69, 9.17) is 9.84 Å². The molecule has 0 spiro atoms. The lowest BCUT2D eigenvalue weighted by atomic mass is 9.93. The lowest BCUT2D eigenvalue weighted by Crippen LogP contribution is -2.50. The lowest BCUT2D eigenvalue weighted by Gasteiger charge is -2.35. The van der Waals surface area contributed by atoms with Crippen LogP contribution in [0, 0.1) is 0 Å². The first kappa shape index (κ1) is 22.4. The molecule has 1 fully saturated rings. The number of piperidine rings is 1. The fraction of sp³-hybridized carbons (Fsp3) is 0.950. The largest absolute Gasteiger partial charge is 0.461 e. The first-order valence-electron chi connectivity index (χ1n) is 10.2. The lowest BCUT2D eigenvalue weighted by molar-refractivity contribution is -0.149. The zero-order chi connectivity index (χ0) is 18.5. The van der Waals surface area contributed by atoms with Crippen molar-refractivity contribution in [2.75, 3.05) is 6.61 Å². The molecule has 148 valence electrons. The highest BCUT2D eigenvalue weighted by Gasteiger charge is 2.28. The maximum absolute atomic E-state index is 11.1. The Labute approximate surface area is 153 Å². The van der Waals surface area contributed by atoms with E-state index in [1.54, 1.807) is 0 Å². The summed E-state index contributed by atoms with van der Waals surface area (Å²) in [5, 5.41) is 21.6. The van der Waals surface area contributed by atoms with Crippen molar-refractivity contribution in [3.05, 3.63) is 0 Å². The molecule has 1 aliphatic heterocycles. The number of rotatable bonds is 13. The zero-order valence-electron chi connectivity index (χ0n) is 16.2. The molecule has 5 nitrogen and oxygen atoms in total. The predicted octanol–water partition coefficient (Wildman–Crippen LogP) is 3.31. The van der Waals surface area contributed by atoms with Gasteiger partial charge in [0.1, 0.15) is 6.10 Å². The summed E-state index contributed by atoms with van der Waals surface area (Å²) in [7, 11) is 0. The van der Waals surface area contributed by atoms with E-state index >= 15 is 0 Å². The van der Waals surface area contributed by atoms with Gasteiger partial charge in [0.05, 0.1) is 12.7 Å². The molecule has 0 amide bonds. The van der Waals surface area contributed by atoms with Crippen LogP contribution in [0.15, 0.2) is 0 Å². The van der Waals surface area contributed by atoms with Crippen LogP contribution in [0.1, 0.15) is 90.9 Å². The Balaban J connectivity index is 1.91. The van der Waals surface area contributed by atoms with E-state index in [0.29, 0.717) is 6.04 Å². The van der Waals surface area contributed by atoms with Crippen molar-refractivity contribution in [2.45, 2.75) is 115 Å². The summed E-state index contributed by atoms with van der Waals surface area (Å²) in [6, 6.07) is 0.826. The number of carbonyl (C=O) groups excluding carboxylic acids is 1. The number of esters is 1. The minimum Gasteiger partial charge on any atom is -0.461 e. The molecule has 0 aromatic rings. The van der Waals surface area contributed by atoms with Gasteiger partial charge >= 0.3 is 5.97 Å². The fourth-order valence-electron chi connectivity index (χ4n) is 3.70. The maximum Gasteiger partial charge on any atom is 0.302 e. The monoisotopic (exact) mass is 357 g/mol. The average molecular weight is 358 g/mol. The first-order chi connectivity index (χ1) is 12.0. The van der Waals surface area contributed by atoms with E-state index in [9.17, 15) is 9.90 Å². The molecule has 0 radical (unpaired) electrons. The Morgan fingerprint density at radius 3 is 2.24 bits per heavy atom. The molecule has 4 atom stereocenters. The summed E-state index contributed by atoms with van der Waals surface area (Å²) in [6.45, 7) is 3.48.